The minimum Gasteiger partial charge on any atom is -0.396 e. The average Bonchev–Trinajstić information content (AvgIpc) is 3.01. The van der Waals surface area contributed by atoms with E-state index in [9.17, 15) is 4.79 Å². The number of aromatic nitrogens is 4. The van der Waals surface area contributed by atoms with Gasteiger partial charge in [0.05, 0.1) is 17.1 Å². The Morgan fingerprint density at radius 1 is 1.50 bits per heavy atom. The molecule has 2 rings (SSSR count). The molecule has 0 radical (unpaired) electrons. The van der Waals surface area contributed by atoms with E-state index in [2.05, 4.69) is 20.4 Å². The van der Waals surface area contributed by atoms with Crippen LogP contribution in [-0.4, -0.2) is 32.2 Å². The molecule has 7 heteroatoms. The molecule has 20 heavy (non-hydrogen) atoms. The van der Waals surface area contributed by atoms with Crippen LogP contribution >= 0.6 is 0 Å². The minimum atomic E-state index is -0.0601. The zero-order chi connectivity index (χ0) is 14.5. The van der Waals surface area contributed by atoms with Crippen molar-refractivity contribution in [1.82, 2.24) is 25.1 Å². The molecule has 2 heterocycles. The molecule has 1 amide bonds. The molecule has 0 saturated carbocycles. The number of aromatic amines is 1. The second-order valence-corrected chi connectivity index (χ2v) is 4.73. The van der Waals surface area contributed by atoms with Crippen LogP contribution < -0.4 is 11.1 Å². The first kappa shape index (κ1) is 14.1. The minimum absolute atomic E-state index is 0.0601. The topological polar surface area (TPSA) is 102 Å². The molecule has 0 bridgehead atoms. The summed E-state index contributed by atoms with van der Waals surface area (Å²) in [5.74, 6) is 0.876. The van der Waals surface area contributed by atoms with Crippen LogP contribution in [0.3, 0.4) is 0 Å². The van der Waals surface area contributed by atoms with Crippen molar-refractivity contribution in [3.8, 4) is 0 Å². The molecule has 0 unspecified atom stereocenters. The second kappa shape index (κ2) is 6.23. The normalized spacial score (nSPS) is 10.7. The van der Waals surface area contributed by atoms with Gasteiger partial charge in [0, 0.05) is 25.4 Å². The van der Waals surface area contributed by atoms with Crippen molar-refractivity contribution in [3.05, 3.63) is 29.6 Å². The lowest BCUT2D eigenvalue weighted by molar-refractivity contribution is -0.121. The van der Waals surface area contributed by atoms with Gasteiger partial charge in [-0.2, -0.15) is 5.10 Å². The van der Waals surface area contributed by atoms with E-state index in [0.717, 1.165) is 30.1 Å². The predicted octanol–water partition coefficient (Wildman–Crippen LogP) is 0.554. The highest BCUT2D eigenvalue weighted by Crippen LogP contribution is 2.14. The van der Waals surface area contributed by atoms with E-state index in [0.29, 0.717) is 12.2 Å². The van der Waals surface area contributed by atoms with E-state index >= 15 is 0 Å². The van der Waals surface area contributed by atoms with E-state index in [1.54, 1.807) is 17.1 Å². The Hall–Kier alpha value is -2.31. The Kier molecular flexibility index (Phi) is 4.39. The van der Waals surface area contributed by atoms with E-state index in [4.69, 9.17) is 5.73 Å². The zero-order valence-corrected chi connectivity index (χ0v) is 11.8. The van der Waals surface area contributed by atoms with Gasteiger partial charge in [0.25, 0.3) is 0 Å². The number of rotatable bonds is 6. The standard InChI is InChI=1S/C13H20N6O/c1-9-13(14)10(2)19(18-9)8-12(20)17-5-3-4-11-15-6-7-16-11/h6-7H,3-5,8,14H2,1-2H3,(H,15,16)(H,17,20). The van der Waals surface area contributed by atoms with Gasteiger partial charge in [0.1, 0.15) is 12.4 Å². The molecule has 0 aliphatic carbocycles. The van der Waals surface area contributed by atoms with Crippen molar-refractivity contribution in [2.75, 3.05) is 12.3 Å². The van der Waals surface area contributed by atoms with E-state index in [1.165, 1.54) is 0 Å². The summed E-state index contributed by atoms with van der Waals surface area (Å²) in [5.41, 5.74) is 8.06. The summed E-state index contributed by atoms with van der Waals surface area (Å²) in [7, 11) is 0. The van der Waals surface area contributed by atoms with Gasteiger partial charge in [-0.3, -0.25) is 9.48 Å². The number of nitrogens with zero attached hydrogens (tertiary/aromatic N) is 3. The maximum absolute atomic E-state index is 11.8. The number of amides is 1. The van der Waals surface area contributed by atoms with Crippen molar-refractivity contribution in [3.63, 3.8) is 0 Å². The number of nitrogen functional groups attached to an aromatic ring is 1. The van der Waals surface area contributed by atoms with E-state index in [1.807, 2.05) is 13.8 Å². The highest BCUT2D eigenvalue weighted by Gasteiger charge is 2.10. The number of nitrogens with two attached hydrogens (primary N) is 1. The fourth-order valence-corrected chi connectivity index (χ4v) is 1.97. The Balaban J connectivity index is 1.74. The van der Waals surface area contributed by atoms with Crippen LogP contribution in [0.5, 0.6) is 0 Å². The number of carbonyl (C=O) groups excluding carboxylic acids is 1. The Labute approximate surface area is 117 Å². The van der Waals surface area contributed by atoms with Gasteiger partial charge in [-0.1, -0.05) is 0 Å². The van der Waals surface area contributed by atoms with Crippen LogP contribution in [0.4, 0.5) is 5.69 Å². The number of H-pyrrole nitrogens is 1. The molecule has 0 spiro atoms. The summed E-state index contributed by atoms with van der Waals surface area (Å²) in [4.78, 5) is 19.0. The molecular weight excluding hydrogens is 256 g/mol. The molecule has 2 aromatic rings. The van der Waals surface area contributed by atoms with Crippen molar-refractivity contribution >= 4 is 11.6 Å². The zero-order valence-electron chi connectivity index (χ0n) is 11.8. The first-order valence-corrected chi connectivity index (χ1v) is 6.62. The van der Waals surface area contributed by atoms with Crippen molar-refractivity contribution in [1.29, 1.82) is 0 Å². The molecule has 108 valence electrons. The molecule has 0 aliphatic rings. The highest BCUT2D eigenvalue weighted by atomic mass is 16.2. The Morgan fingerprint density at radius 2 is 2.30 bits per heavy atom. The smallest absolute Gasteiger partial charge is 0.241 e. The number of carbonyl (C=O) groups is 1. The third kappa shape index (κ3) is 3.37. The first-order chi connectivity index (χ1) is 9.58. The molecule has 0 atom stereocenters. The summed E-state index contributed by atoms with van der Waals surface area (Å²) in [6.07, 6.45) is 5.18. The predicted molar refractivity (Wildman–Crippen MR) is 76.0 cm³/mol. The quantitative estimate of drug-likeness (QED) is 0.671. The lowest BCUT2D eigenvalue weighted by Crippen LogP contribution is -2.29. The average molecular weight is 276 g/mol. The van der Waals surface area contributed by atoms with Gasteiger partial charge < -0.3 is 16.0 Å². The van der Waals surface area contributed by atoms with Gasteiger partial charge in [-0.05, 0) is 20.3 Å². The number of nitrogens with one attached hydrogen (secondary N) is 2. The Morgan fingerprint density at radius 3 is 2.90 bits per heavy atom. The lowest BCUT2D eigenvalue weighted by Gasteiger charge is -2.06. The monoisotopic (exact) mass is 276 g/mol. The molecular formula is C13H20N6O. The number of anilines is 1. The second-order valence-electron chi connectivity index (χ2n) is 4.73. The van der Waals surface area contributed by atoms with Crippen LogP contribution in [0.2, 0.25) is 0 Å². The molecule has 0 fully saturated rings. The van der Waals surface area contributed by atoms with Crippen molar-refractivity contribution < 1.29 is 4.79 Å². The van der Waals surface area contributed by atoms with Crippen LogP contribution in [0.15, 0.2) is 12.4 Å². The number of imidazole rings is 1. The molecule has 2 aromatic heterocycles. The fraction of sp³-hybridized carbons (Fsp3) is 0.462. The third-order valence-electron chi connectivity index (χ3n) is 3.20. The lowest BCUT2D eigenvalue weighted by atomic mass is 10.3. The fourth-order valence-electron chi connectivity index (χ4n) is 1.97. The summed E-state index contributed by atoms with van der Waals surface area (Å²) < 4.78 is 1.63. The highest BCUT2D eigenvalue weighted by molar-refractivity contribution is 5.75. The Bertz CT molecular complexity index is 572. The SMILES string of the molecule is Cc1nn(CC(=O)NCCCc2ncc[nH]2)c(C)c1N. The van der Waals surface area contributed by atoms with Crippen molar-refractivity contribution in [2.24, 2.45) is 0 Å². The number of hydrogen-bond acceptors (Lipinski definition) is 4. The van der Waals surface area contributed by atoms with Crippen LogP contribution in [0.1, 0.15) is 23.6 Å². The molecule has 0 aliphatic heterocycles. The van der Waals surface area contributed by atoms with E-state index < -0.39 is 0 Å². The van der Waals surface area contributed by atoms with Crippen LogP contribution in [0, 0.1) is 13.8 Å². The maximum Gasteiger partial charge on any atom is 0.241 e. The van der Waals surface area contributed by atoms with Gasteiger partial charge in [0.15, 0.2) is 0 Å². The van der Waals surface area contributed by atoms with E-state index in [-0.39, 0.29) is 12.5 Å². The number of hydrogen-bond donors (Lipinski definition) is 3. The summed E-state index contributed by atoms with van der Waals surface area (Å²) in [6.45, 7) is 4.51. The van der Waals surface area contributed by atoms with Gasteiger partial charge in [0.2, 0.25) is 5.91 Å². The summed E-state index contributed by atoms with van der Waals surface area (Å²) >= 11 is 0. The van der Waals surface area contributed by atoms with Gasteiger partial charge in [-0.15, -0.1) is 0 Å². The third-order valence-corrected chi connectivity index (χ3v) is 3.20. The maximum atomic E-state index is 11.8. The molecule has 7 nitrogen and oxygen atoms in total. The largest absolute Gasteiger partial charge is 0.396 e. The van der Waals surface area contributed by atoms with Crippen LogP contribution in [-0.2, 0) is 17.8 Å². The van der Waals surface area contributed by atoms with Crippen LogP contribution in [0.25, 0.3) is 0 Å². The van der Waals surface area contributed by atoms with Gasteiger partial charge in [-0.25, -0.2) is 4.98 Å². The summed E-state index contributed by atoms with van der Waals surface area (Å²) in [6, 6.07) is 0. The number of aryl methyl sites for hydroxylation is 2. The van der Waals surface area contributed by atoms with Gasteiger partial charge >= 0.3 is 0 Å². The molecule has 0 saturated heterocycles. The molecule has 4 N–H and O–H groups in total. The molecule has 0 aromatic carbocycles. The first-order valence-electron chi connectivity index (χ1n) is 6.62. The summed E-state index contributed by atoms with van der Waals surface area (Å²) in [5, 5.41) is 7.10. The van der Waals surface area contributed by atoms with Crippen molar-refractivity contribution in [2.45, 2.75) is 33.2 Å².